The summed E-state index contributed by atoms with van der Waals surface area (Å²) in [7, 11) is 1.87. The molecule has 0 saturated carbocycles. The number of aryl methyl sites for hydroxylation is 1. The van der Waals surface area contributed by atoms with Crippen LogP contribution in [0.2, 0.25) is 0 Å². The predicted octanol–water partition coefficient (Wildman–Crippen LogP) is 4.05. The minimum absolute atomic E-state index is 0.0257. The summed E-state index contributed by atoms with van der Waals surface area (Å²) in [5.41, 5.74) is 0.685. The summed E-state index contributed by atoms with van der Waals surface area (Å²) < 4.78 is 63.4. The number of rotatable bonds is 6. The van der Waals surface area contributed by atoms with Gasteiger partial charge in [0.15, 0.2) is 0 Å². The molecule has 2 fully saturated rings. The number of fused-ring (bicyclic) bond motifs is 1. The lowest BCUT2D eigenvalue weighted by Gasteiger charge is -2.42. The van der Waals surface area contributed by atoms with E-state index in [9.17, 15) is 22.4 Å². The Bertz CT molecular complexity index is 1380. The quantitative estimate of drug-likeness (QED) is 0.451. The van der Waals surface area contributed by atoms with E-state index in [2.05, 4.69) is 10.2 Å². The van der Waals surface area contributed by atoms with Crippen LogP contribution in [0.3, 0.4) is 0 Å². The monoisotopic (exact) mass is 529 g/mol. The number of likely N-dealkylation sites (tertiary alicyclic amines) is 1. The van der Waals surface area contributed by atoms with Crippen LogP contribution in [0.4, 0.5) is 23.2 Å². The molecule has 200 valence electrons. The minimum Gasteiger partial charge on any atom is -0.379 e. The largest absolute Gasteiger partial charge is 0.416 e. The van der Waals surface area contributed by atoms with Crippen molar-refractivity contribution in [2.24, 2.45) is 7.05 Å². The Morgan fingerprint density at radius 2 is 2.00 bits per heavy atom. The number of nitrogens with zero attached hydrogens (tertiary/aromatic N) is 5. The van der Waals surface area contributed by atoms with E-state index in [0.29, 0.717) is 43.9 Å². The molecule has 3 aliphatic rings. The molecule has 2 saturated heterocycles. The number of amides is 1. The Morgan fingerprint density at radius 3 is 2.63 bits per heavy atom. The van der Waals surface area contributed by atoms with Crippen molar-refractivity contribution in [1.82, 2.24) is 19.7 Å². The number of carbonyl (C=O) groups excluding carboxylic acids is 1. The van der Waals surface area contributed by atoms with Crippen LogP contribution in [0.5, 0.6) is 0 Å². The van der Waals surface area contributed by atoms with Crippen LogP contribution in [-0.4, -0.2) is 58.0 Å². The van der Waals surface area contributed by atoms with Crippen LogP contribution in [-0.2, 0) is 42.9 Å². The van der Waals surface area contributed by atoms with Gasteiger partial charge in [-0.3, -0.25) is 9.69 Å². The molecule has 3 aromatic rings. The topological polar surface area (TPSA) is 63.5 Å². The molecule has 38 heavy (non-hydrogen) atoms. The number of benzene rings is 2. The highest BCUT2D eigenvalue weighted by Crippen LogP contribution is 2.42. The normalized spacial score (nSPS) is 21.1. The lowest BCUT2D eigenvalue weighted by molar-refractivity contribution is -0.138. The second-order valence-electron chi connectivity index (χ2n) is 10.5. The first-order valence-electron chi connectivity index (χ1n) is 12.6. The summed E-state index contributed by atoms with van der Waals surface area (Å²) in [4.78, 5) is 16.7. The summed E-state index contributed by atoms with van der Waals surface area (Å²) >= 11 is 0. The fourth-order valence-electron chi connectivity index (χ4n) is 5.70. The number of hydrogen-bond donors (Lipinski definition) is 0. The van der Waals surface area contributed by atoms with Crippen molar-refractivity contribution in [2.45, 2.75) is 43.7 Å². The van der Waals surface area contributed by atoms with Gasteiger partial charge in [-0.1, -0.05) is 12.1 Å². The lowest BCUT2D eigenvalue weighted by Crippen LogP contribution is -2.49. The lowest BCUT2D eigenvalue weighted by atomic mass is 9.75. The van der Waals surface area contributed by atoms with E-state index in [1.807, 2.05) is 29.8 Å². The van der Waals surface area contributed by atoms with Crippen molar-refractivity contribution in [2.75, 3.05) is 31.2 Å². The maximum absolute atomic E-state index is 14.1. The van der Waals surface area contributed by atoms with Gasteiger partial charge >= 0.3 is 6.18 Å². The Hall–Kier alpha value is -3.31. The number of anilines is 1. The summed E-state index contributed by atoms with van der Waals surface area (Å²) in [6.07, 6.45) is -3.02. The molecule has 1 amide bonds. The van der Waals surface area contributed by atoms with E-state index < -0.39 is 23.8 Å². The molecule has 0 radical (unpaired) electrons. The molecule has 6 rings (SSSR count). The van der Waals surface area contributed by atoms with Gasteiger partial charge in [0.25, 0.3) is 5.91 Å². The fraction of sp³-hybridized carbons (Fsp3) is 0.444. The summed E-state index contributed by atoms with van der Waals surface area (Å²) in [5, 5.41) is 8.14. The number of halogens is 4. The highest BCUT2D eigenvalue weighted by molar-refractivity contribution is 6.10. The Balaban J connectivity index is 1.31. The van der Waals surface area contributed by atoms with E-state index in [1.165, 1.54) is 11.0 Å². The van der Waals surface area contributed by atoms with Crippen LogP contribution >= 0.6 is 0 Å². The zero-order valence-electron chi connectivity index (χ0n) is 20.8. The van der Waals surface area contributed by atoms with Crippen molar-refractivity contribution < 1.29 is 27.1 Å². The molecule has 4 heterocycles. The highest BCUT2D eigenvalue weighted by atomic mass is 19.4. The standard InChI is InChI=1S/C27H27F4N5O2/c1-34-16-32-33-24(34)10-26(14-38-15-26)18-3-2-4-20(9-18)36-13-22-21(25(36)37)7-17(8-23(22)27(29,30)31)11-35-6-5-19(28)12-35/h2-4,7-9,16,19H,5-6,10-15H2,1H3/t19-/m0/s1. The third kappa shape index (κ3) is 4.37. The second-order valence-corrected chi connectivity index (χ2v) is 10.5. The van der Waals surface area contributed by atoms with Gasteiger partial charge in [-0.2, -0.15) is 13.2 Å². The molecule has 1 atom stereocenters. The first-order chi connectivity index (χ1) is 18.1. The Kier molecular flexibility index (Phi) is 6.03. The second kappa shape index (κ2) is 9.16. The number of carbonyl (C=O) groups is 1. The van der Waals surface area contributed by atoms with Gasteiger partial charge in [0.05, 0.1) is 25.3 Å². The first-order valence-corrected chi connectivity index (χ1v) is 12.6. The minimum atomic E-state index is -4.62. The van der Waals surface area contributed by atoms with Crippen LogP contribution in [0.25, 0.3) is 0 Å². The molecule has 0 N–H and O–H groups in total. The van der Waals surface area contributed by atoms with Crippen LogP contribution in [0.15, 0.2) is 42.7 Å². The maximum Gasteiger partial charge on any atom is 0.416 e. The van der Waals surface area contributed by atoms with Crippen molar-refractivity contribution in [1.29, 1.82) is 0 Å². The third-order valence-corrected chi connectivity index (χ3v) is 7.86. The van der Waals surface area contributed by atoms with E-state index >= 15 is 0 Å². The molecule has 1 aromatic heterocycles. The Morgan fingerprint density at radius 1 is 1.18 bits per heavy atom. The van der Waals surface area contributed by atoms with Gasteiger partial charge in [-0.25, -0.2) is 4.39 Å². The molecular weight excluding hydrogens is 502 g/mol. The van der Waals surface area contributed by atoms with Gasteiger partial charge < -0.3 is 14.2 Å². The molecule has 0 unspecified atom stereocenters. The number of ether oxygens (including phenoxy) is 1. The zero-order valence-corrected chi connectivity index (χ0v) is 20.8. The summed E-state index contributed by atoms with van der Waals surface area (Å²) in [6.45, 7) is 1.60. The van der Waals surface area contributed by atoms with E-state index in [4.69, 9.17) is 4.74 Å². The van der Waals surface area contributed by atoms with Crippen molar-refractivity contribution in [3.05, 3.63) is 76.4 Å². The number of alkyl halides is 4. The molecule has 7 nitrogen and oxygen atoms in total. The summed E-state index contributed by atoms with van der Waals surface area (Å²) in [6, 6.07) is 10.0. The molecule has 0 bridgehead atoms. The number of hydrogen-bond acceptors (Lipinski definition) is 5. The third-order valence-electron chi connectivity index (χ3n) is 7.86. The zero-order chi connectivity index (χ0) is 26.7. The molecule has 2 aromatic carbocycles. The number of aromatic nitrogens is 3. The van der Waals surface area contributed by atoms with Gasteiger partial charge in [-0.05, 0) is 47.4 Å². The summed E-state index contributed by atoms with van der Waals surface area (Å²) in [5.74, 6) is 0.323. The van der Waals surface area contributed by atoms with Gasteiger partial charge in [0.1, 0.15) is 18.3 Å². The Labute approximate surface area is 217 Å². The molecule has 0 spiro atoms. The van der Waals surface area contributed by atoms with Crippen molar-refractivity contribution in [3.63, 3.8) is 0 Å². The fourth-order valence-corrected chi connectivity index (χ4v) is 5.70. The van der Waals surface area contributed by atoms with E-state index in [-0.39, 0.29) is 36.2 Å². The van der Waals surface area contributed by atoms with E-state index in [0.717, 1.165) is 17.5 Å². The first kappa shape index (κ1) is 25.0. The van der Waals surface area contributed by atoms with E-state index in [1.54, 1.807) is 17.3 Å². The van der Waals surface area contributed by atoms with Crippen LogP contribution in [0, 0.1) is 0 Å². The highest BCUT2D eigenvalue weighted by Gasteiger charge is 2.43. The average molecular weight is 530 g/mol. The maximum atomic E-state index is 14.1. The SMILES string of the molecule is Cn1cnnc1CC1(c2cccc(N3Cc4c(cc(CN5CC[C@H](F)C5)cc4C(F)(F)F)C3=O)c2)COC1. The smallest absolute Gasteiger partial charge is 0.379 e. The molecular formula is C27H27F4N5O2. The van der Waals surface area contributed by atoms with Gasteiger partial charge in [-0.15, -0.1) is 10.2 Å². The van der Waals surface area contributed by atoms with Gasteiger partial charge in [0, 0.05) is 49.8 Å². The predicted molar refractivity (Wildman–Crippen MR) is 130 cm³/mol. The van der Waals surface area contributed by atoms with Crippen molar-refractivity contribution >= 4 is 11.6 Å². The molecule has 3 aliphatic heterocycles. The van der Waals surface area contributed by atoms with Crippen molar-refractivity contribution in [3.8, 4) is 0 Å². The van der Waals surface area contributed by atoms with Crippen LogP contribution in [0.1, 0.15) is 44.9 Å². The molecule has 0 aliphatic carbocycles. The average Bonchev–Trinajstić information content (AvgIpc) is 3.54. The molecule has 11 heteroatoms. The van der Waals surface area contributed by atoms with Gasteiger partial charge in [0.2, 0.25) is 0 Å². The van der Waals surface area contributed by atoms with Crippen LogP contribution < -0.4 is 4.90 Å².